The number of hydrogen-bond acceptors (Lipinski definition) is 6. The van der Waals surface area contributed by atoms with Crippen molar-refractivity contribution in [1.82, 2.24) is 0 Å². The van der Waals surface area contributed by atoms with Gasteiger partial charge in [0.1, 0.15) is 6.61 Å². The first kappa shape index (κ1) is 23.3. The molecule has 0 saturated heterocycles. The standard InChI is InChI=1S/C18H36O6/c1-2-3-4-5-6-7-8-9-10-11-17(21)24-15-18(22)23-13-12-16(20)14-19/h16,18-20,22H,2-15H2,1H3. The van der Waals surface area contributed by atoms with Crippen LogP contribution in [0.15, 0.2) is 0 Å². The molecule has 0 aliphatic carbocycles. The lowest BCUT2D eigenvalue weighted by Crippen LogP contribution is -2.24. The van der Waals surface area contributed by atoms with Crippen LogP contribution in [0.3, 0.4) is 0 Å². The van der Waals surface area contributed by atoms with Crippen LogP contribution in [0.25, 0.3) is 0 Å². The summed E-state index contributed by atoms with van der Waals surface area (Å²) in [6.07, 6.45) is 9.27. The minimum atomic E-state index is -1.19. The number of carbonyl (C=O) groups excluding carboxylic acids is 1. The second kappa shape index (κ2) is 17.1. The summed E-state index contributed by atoms with van der Waals surface area (Å²) in [6, 6.07) is 0. The van der Waals surface area contributed by atoms with Crippen LogP contribution in [-0.2, 0) is 14.3 Å². The SMILES string of the molecule is CCCCCCCCCCCC(=O)OCC(O)OCCC(O)CO. The second-order valence-electron chi connectivity index (χ2n) is 6.21. The molecule has 0 aromatic rings. The molecule has 0 bridgehead atoms. The number of unbranched alkanes of at least 4 members (excludes halogenated alkanes) is 8. The van der Waals surface area contributed by atoms with Crippen molar-refractivity contribution >= 4 is 5.97 Å². The molecule has 24 heavy (non-hydrogen) atoms. The molecular formula is C18H36O6. The number of esters is 1. The molecule has 0 saturated carbocycles. The first-order valence-corrected chi connectivity index (χ1v) is 9.34. The van der Waals surface area contributed by atoms with E-state index in [0.717, 1.165) is 19.3 Å². The number of rotatable bonds is 17. The van der Waals surface area contributed by atoms with Gasteiger partial charge in [-0.05, 0) is 12.8 Å². The van der Waals surface area contributed by atoms with E-state index >= 15 is 0 Å². The lowest BCUT2D eigenvalue weighted by atomic mass is 10.1. The molecule has 2 unspecified atom stereocenters. The Kier molecular flexibility index (Phi) is 16.7. The Morgan fingerprint density at radius 3 is 2.12 bits per heavy atom. The highest BCUT2D eigenvalue weighted by Crippen LogP contribution is 2.10. The summed E-state index contributed by atoms with van der Waals surface area (Å²) >= 11 is 0. The van der Waals surface area contributed by atoms with Crippen molar-refractivity contribution in [3.05, 3.63) is 0 Å². The van der Waals surface area contributed by atoms with Crippen LogP contribution < -0.4 is 0 Å². The van der Waals surface area contributed by atoms with E-state index in [-0.39, 0.29) is 32.2 Å². The first-order chi connectivity index (χ1) is 11.6. The van der Waals surface area contributed by atoms with Gasteiger partial charge in [-0.2, -0.15) is 0 Å². The van der Waals surface area contributed by atoms with Crippen molar-refractivity contribution in [2.45, 2.75) is 89.9 Å². The lowest BCUT2D eigenvalue weighted by Gasteiger charge is -2.13. The van der Waals surface area contributed by atoms with Crippen LogP contribution in [0.4, 0.5) is 0 Å². The zero-order chi connectivity index (χ0) is 18.0. The van der Waals surface area contributed by atoms with E-state index in [1.165, 1.54) is 38.5 Å². The van der Waals surface area contributed by atoms with Crippen LogP contribution >= 0.6 is 0 Å². The third-order valence-corrected chi connectivity index (χ3v) is 3.84. The lowest BCUT2D eigenvalue weighted by molar-refractivity contribution is -0.167. The van der Waals surface area contributed by atoms with E-state index in [9.17, 15) is 9.90 Å². The molecule has 0 rings (SSSR count). The van der Waals surface area contributed by atoms with E-state index in [4.69, 9.17) is 19.7 Å². The highest BCUT2D eigenvalue weighted by molar-refractivity contribution is 5.69. The van der Waals surface area contributed by atoms with Crippen LogP contribution in [-0.4, -0.2) is 53.5 Å². The largest absolute Gasteiger partial charge is 0.460 e. The Hall–Kier alpha value is -0.690. The van der Waals surface area contributed by atoms with Gasteiger partial charge in [0.05, 0.1) is 19.3 Å². The molecule has 0 aliphatic heterocycles. The van der Waals surface area contributed by atoms with E-state index in [2.05, 4.69) is 6.92 Å². The summed E-state index contributed by atoms with van der Waals surface area (Å²) in [7, 11) is 0. The van der Waals surface area contributed by atoms with E-state index in [0.29, 0.717) is 6.42 Å². The van der Waals surface area contributed by atoms with E-state index in [1.54, 1.807) is 0 Å². The highest BCUT2D eigenvalue weighted by Gasteiger charge is 2.10. The number of aliphatic hydroxyl groups is 3. The van der Waals surface area contributed by atoms with Gasteiger partial charge >= 0.3 is 5.97 Å². The van der Waals surface area contributed by atoms with Crippen molar-refractivity contribution in [2.75, 3.05) is 19.8 Å². The van der Waals surface area contributed by atoms with Gasteiger partial charge in [0.25, 0.3) is 0 Å². The van der Waals surface area contributed by atoms with Crippen LogP contribution in [0.2, 0.25) is 0 Å². The fourth-order valence-electron chi connectivity index (χ4n) is 2.30. The van der Waals surface area contributed by atoms with Crippen molar-refractivity contribution in [1.29, 1.82) is 0 Å². The third kappa shape index (κ3) is 16.2. The molecule has 6 heteroatoms. The molecule has 3 N–H and O–H groups in total. The maximum absolute atomic E-state index is 11.5. The Morgan fingerprint density at radius 1 is 0.958 bits per heavy atom. The molecule has 144 valence electrons. The van der Waals surface area contributed by atoms with Crippen LogP contribution in [0.1, 0.15) is 77.6 Å². The third-order valence-electron chi connectivity index (χ3n) is 3.84. The molecule has 0 heterocycles. The fourth-order valence-corrected chi connectivity index (χ4v) is 2.30. The summed E-state index contributed by atoms with van der Waals surface area (Å²) in [5.74, 6) is -0.323. The maximum Gasteiger partial charge on any atom is 0.305 e. The molecule has 0 aliphatic rings. The van der Waals surface area contributed by atoms with Gasteiger partial charge in [-0.3, -0.25) is 4.79 Å². The van der Waals surface area contributed by atoms with Gasteiger partial charge < -0.3 is 24.8 Å². The maximum atomic E-state index is 11.5. The smallest absolute Gasteiger partial charge is 0.305 e. The van der Waals surface area contributed by atoms with Crippen molar-refractivity contribution in [3.8, 4) is 0 Å². The number of ether oxygens (including phenoxy) is 2. The number of hydrogen-bond donors (Lipinski definition) is 3. The summed E-state index contributed by atoms with van der Waals surface area (Å²) < 4.78 is 9.90. The summed E-state index contributed by atoms with van der Waals surface area (Å²) in [4.78, 5) is 11.5. The summed E-state index contributed by atoms with van der Waals surface area (Å²) in [5.41, 5.74) is 0. The van der Waals surface area contributed by atoms with Gasteiger partial charge in [-0.15, -0.1) is 0 Å². The molecule has 2 atom stereocenters. The summed E-state index contributed by atoms with van der Waals surface area (Å²) in [6.45, 7) is 1.77. The predicted octanol–water partition coefficient (Wildman–Crippen LogP) is 2.53. The van der Waals surface area contributed by atoms with Gasteiger partial charge in [0.2, 0.25) is 0 Å². The first-order valence-electron chi connectivity index (χ1n) is 9.34. The topological polar surface area (TPSA) is 96.2 Å². The quantitative estimate of drug-likeness (QED) is 0.212. The van der Waals surface area contributed by atoms with Gasteiger partial charge in [-0.25, -0.2) is 0 Å². The number of aliphatic hydroxyl groups excluding tert-OH is 3. The second-order valence-corrected chi connectivity index (χ2v) is 6.21. The van der Waals surface area contributed by atoms with Crippen LogP contribution in [0, 0.1) is 0 Å². The van der Waals surface area contributed by atoms with Gasteiger partial charge in [-0.1, -0.05) is 58.3 Å². The van der Waals surface area contributed by atoms with Gasteiger partial charge in [0.15, 0.2) is 6.29 Å². The monoisotopic (exact) mass is 348 g/mol. The molecule has 0 radical (unpaired) electrons. The Bertz CT molecular complexity index is 285. The fraction of sp³-hybridized carbons (Fsp3) is 0.944. The Labute approximate surface area is 146 Å². The van der Waals surface area contributed by atoms with E-state index < -0.39 is 12.4 Å². The molecule has 0 aromatic carbocycles. The number of carbonyl (C=O) groups is 1. The average Bonchev–Trinajstić information content (AvgIpc) is 2.58. The minimum Gasteiger partial charge on any atom is -0.460 e. The Morgan fingerprint density at radius 2 is 1.54 bits per heavy atom. The summed E-state index contributed by atoms with van der Waals surface area (Å²) in [5, 5.41) is 27.2. The molecule has 0 aromatic heterocycles. The van der Waals surface area contributed by atoms with Crippen molar-refractivity contribution in [2.24, 2.45) is 0 Å². The molecule has 6 nitrogen and oxygen atoms in total. The zero-order valence-electron chi connectivity index (χ0n) is 15.1. The minimum absolute atomic E-state index is 0.0959. The van der Waals surface area contributed by atoms with Crippen molar-refractivity contribution < 1.29 is 29.6 Å². The highest BCUT2D eigenvalue weighted by atomic mass is 16.6. The molecular weight excluding hydrogens is 312 g/mol. The average molecular weight is 348 g/mol. The van der Waals surface area contributed by atoms with Gasteiger partial charge in [0, 0.05) is 6.42 Å². The molecule has 0 amide bonds. The van der Waals surface area contributed by atoms with Crippen molar-refractivity contribution in [3.63, 3.8) is 0 Å². The molecule has 0 spiro atoms. The van der Waals surface area contributed by atoms with E-state index in [1.807, 2.05) is 0 Å². The zero-order valence-corrected chi connectivity index (χ0v) is 15.1. The van der Waals surface area contributed by atoms with Crippen LogP contribution in [0.5, 0.6) is 0 Å². The normalized spacial score (nSPS) is 13.7. The predicted molar refractivity (Wildman–Crippen MR) is 92.5 cm³/mol. The Balaban J connectivity index is 3.37. The molecule has 0 fully saturated rings.